The van der Waals surface area contributed by atoms with E-state index < -0.39 is 27.2 Å². The van der Waals surface area contributed by atoms with Crippen LogP contribution in [0.2, 0.25) is 0 Å². The quantitative estimate of drug-likeness (QED) is 0.448. The van der Waals surface area contributed by atoms with Crippen molar-refractivity contribution >= 4 is 21.1 Å². The van der Waals surface area contributed by atoms with Crippen LogP contribution in [0.5, 0.6) is 11.5 Å². The van der Waals surface area contributed by atoms with Crippen LogP contribution in [0.3, 0.4) is 0 Å². The van der Waals surface area contributed by atoms with Gasteiger partial charge in [0.25, 0.3) is 10.1 Å². The van der Waals surface area contributed by atoms with Gasteiger partial charge in [0.2, 0.25) is 0 Å². The molecular formula is C27H29NO7S. The van der Waals surface area contributed by atoms with Crippen LogP contribution in [0, 0.1) is 5.92 Å². The lowest BCUT2D eigenvalue weighted by Gasteiger charge is -2.62. The van der Waals surface area contributed by atoms with Gasteiger partial charge in [0.1, 0.15) is 11.3 Å². The molecule has 8 nitrogen and oxygen atoms in total. The van der Waals surface area contributed by atoms with Gasteiger partial charge in [-0.15, -0.1) is 0 Å². The zero-order valence-corrected chi connectivity index (χ0v) is 20.8. The Labute approximate surface area is 209 Å². The third-order valence-electron chi connectivity index (χ3n) is 8.93. The molecule has 2 aliphatic heterocycles. The first-order valence-electron chi connectivity index (χ1n) is 12.5. The summed E-state index contributed by atoms with van der Waals surface area (Å²) in [6.07, 6.45) is 5.12. The Kier molecular flexibility index (Phi) is 4.55. The van der Waals surface area contributed by atoms with Gasteiger partial charge in [-0.3, -0.25) is 9.45 Å². The molecule has 1 saturated carbocycles. The van der Waals surface area contributed by atoms with E-state index in [1.807, 2.05) is 24.3 Å². The highest BCUT2D eigenvalue weighted by molar-refractivity contribution is 7.85. The Bertz CT molecular complexity index is 1500. The van der Waals surface area contributed by atoms with Gasteiger partial charge in [-0.05, 0) is 55.8 Å². The van der Waals surface area contributed by atoms with Gasteiger partial charge in [0, 0.05) is 35.5 Å². The Hall–Kier alpha value is -2.59. The molecule has 3 N–H and O–H groups in total. The summed E-state index contributed by atoms with van der Waals surface area (Å²) in [5.41, 5.74) is 2.65. The van der Waals surface area contributed by atoms with Crippen LogP contribution in [0.15, 0.2) is 40.8 Å². The summed E-state index contributed by atoms with van der Waals surface area (Å²) in [6, 6.07) is 12.0. The average Bonchev–Trinajstić information content (AvgIpc) is 3.44. The molecule has 2 bridgehead atoms. The third kappa shape index (κ3) is 3.00. The molecule has 5 aliphatic rings. The van der Waals surface area contributed by atoms with Crippen molar-refractivity contribution in [1.82, 2.24) is 4.90 Å². The minimum absolute atomic E-state index is 0.0535. The van der Waals surface area contributed by atoms with Crippen molar-refractivity contribution in [1.29, 1.82) is 0 Å². The number of aliphatic hydroxyl groups is 1. The Morgan fingerprint density at radius 2 is 1.92 bits per heavy atom. The summed E-state index contributed by atoms with van der Waals surface area (Å²) in [4.78, 5) is 2.56. The van der Waals surface area contributed by atoms with E-state index in [1.165, 1.54) is 18.4 Å². The highest BCUT2D eigenvalue weighted by atomic mass is 32.2. The number of fused-ring (bicyclic) bond motifs is 4. The second-order valence-electron chi connectivity index (χ2n) is 11.1. The number of rotatable bonds is 2. The number of likely N-dealkylation sites (tertiary alicyclic amines) is 1. The smallest absolute Gasteiger partial charge is 0.261 e. The number of nitrogens with zero attached hydrogens (tertiary/aromatic N) is 1. The van der Waals surface area contributed by atoms with Crippen LogP contribution in [-0.4, -0.2) is 59.1 Å². The van der Waals surface area contributed by atoms with Crippen molar-refractivity contribution in [3.05, 3.63) is 58.8 Å². The largest absolute Gasteiger partial charge is 0.504 e. The number of phenols is 1. The van der Waals surface area contributed by atoms with Crippen molar-refractivity contribution in [2.24, 2.45) is 5.92 Å². The van der Waals surface area contributed by atoms with E-state index in [4.69, 9.17) is 13.7 Å². The van der Waals surface area contributed by atoms with Gasteiger partial charge >= 0.3 is 0 Å². The lowest BCUT2D eigenvalue weighted by Crippen LogP contribution is -2.74. The fraction of sp³-hybridized carbons (Fsp3) is 0.481. The molecule has 9 heteroatoms. The molecule has 1 aromatic heterocycles. The lowest BCUT2D eigenvalue weighted by atomic mass is 9.49. The molecule has 0 amide bonds. The fourth-order valence-electron chi connectivity index (χ4n) is 7.42. The Balaban J connectivity index is 0.000000406. The highest BCUT2D eigenvalue weighted by Crippen LogP contribution is 2.69. The predicted octanol–water partition coefficient (Wildman–Crippen LogP) is 3.34. The highest BCUT2D eigenvalue weighted by Gasteiger charge is 2.73. The standard InChI is InChI=1S/C26H25NO4.CH4O3S/c28-18-8-7-15-11-20-26(29)12-17-16-3-1-2-4-19(16)30-22(17)24-25(26,21(15)23(18)31-24)9-10-27(20)13-14-5-6-14;1-5(2,3)4/h1-4,7-8,14,20,24,28-29H,5-6,9-13H2;1H3,(H,2,3,4)/t20-,24-,25+,26-;/m0./s1. The zero-order chi connectivity index (χ0) is 25.0. The molecule has 0 radical (unpaired) electrons. The number of ether oxygens (including phenoxy) is 1. The first-order valence-corrected chi connectivity index (χ1v) is 14.4. The van der Waals surface area contributed by atoms with E-state index >= 15 is 0 Å². The van der Waals surface area contributed by atoms with Crippen LogP contribution in [0.4, 0.5) is 0 Å². The van der Waals surface area contributed by atoms with Crippen LogP contribution >= 0.6 is 0 Å². The summed E-state index contributed by atoms with van der Waals surface area (Å²) in [5.74, 6) is 2.34. The van der Waals surface area contributed by atoms with E-state index in [9.17, 15) is 18.6 Å². The molecule has 190 valence electrons. The first kappa shape index (κ1) is 22.6. The lowest BCUT2D eigenvalue weighted by molar-refractivity contribution is -0.175. The van der Waals surface area contributed by atoms with Gasteiger partial charge in [-0.1, -0.05) is 24.3 Å². The second-order valence-corrected chi connectivity index (χ2v) is 12.6. The summed E-state index contributed by atoms with van der Waals surface area (Å²) in [6.45, 7) is 2.03. The topological polar surface area (TPSA) is 120 Å². The monoisotopic (exact) mass is 511 g/mol. The molecule has 3 aromatic rings. The molecule has 2 fully saturated rings. The summed E-state index contributed by atoms with van der Waals surface area (Å²) in [7, 11) is -3.67. The number of furan rings is 1. The number of para-hydroxylation sites is 1. The molecule has 3 heterocycles. The van der Waals surface area contributed by atoms with Crippen LogP contribution in [0.25, 0.3) is 11.0 Å². The van der Waals surface area contributed by atoms with Crippen molar-refractivity contribution in [3.63, 3.8) is 0 Å². The molecular weight excluding hydrogens is 482 g/mol. The van der Waals surface area contributed by atoms with Gasteiger partial charge in [0.15, 0.2) is 17.6 Å². The van der Waals surface area contributed by atoms with E-state index in [0.29, 0.717) is 18.4 Å². The maximum Gasteiger partial charge on any atom is 0.261 e. The van der Waals surface area contributed by atoms with Gasteiger partial charge in [-0.2, -0.15) is 8.42 Å². The van der Waals surface area contributed by atoms with Gasteiger partial charge < -0.3 is 19.4 Å². The van der Waals surface area contributed by atoms with E-state index in [1.54, 1.807) is 6.07 Å². The Morgan fingerprint density at radius 1 is 1.17 bits per heavy atom. The second kappa shape index (κ2) is 7.25. The van der Waals surface area contributed by atoms with E-state index in [2.05, 4.69) is 11.0 Å². The minimum atomic E-state index is -3.67. The maximum atomic E-state index is 12.7. The number of hydrogen-bond donors (Lipinski definition) is 3. The average molecular weight is 512 g/mol. The van der Waals surface area contributed by atoms with Crippen LogP contribution in [-0.2, 0) is 28.4 Å². The van der Waals surface area contributed by atoms with E-state index in [0.717, 1.165) is 59.7 Å². The Morgan fingerprint density at radius 3 is 2.67 bits per heavy atom. The zero-order valence-electron chi connectivity index (χ0n) is 20.0. The SMILES string of the molecule is CS(=O)(=O)O.Oc1ccc2c3c1O[C@H]1c4oc5ccccc5c4C[C@]4(O)[C@H](C2)N(CC2CC2)CC[C@@]314. The number of phenolic OH excluding ortho intramolecular Hbond substituents is 1. The maximum absolute atomic E-state index is 12.7. The van der Waals surface area contributed by atoms with Crippen LogP contribution in [0.1, 0.15) is 47.8 Å². The van der Waals surface area contributed by atoms with Crippen molar-refractivity contribution in [3.8, 4) is 11.5 Å². The number of benzene rings is 2. The molecule has 0 unspecified atom stereocenters. The van der Waals surface area contributed by atoms with Gasteiger partial charge in [0.05, 0.1) is 17.3 Å². The van der Waals surface area contributed by atoms with Crippen molar-refractivity contribution in [2.45, 2.75) is 55.3 Å². The predicted molar refractivity (Wildman–Crippen MR) is 132 cm³/mol. The number of piperidine rings is 1. The molecule has 8 rings (SSSR count). The normalized spacial score (nSPS) is 31.8. The summed E-state index contributed by atoms with van der Waals surface area (Å²) >= 11 is 0. The number of aromatic hydroxyl groups is 1. The van der Waals surface area contributed by atoms with E-state index in [-0.39, 0.29) is 11.8 Å². The minimum Gasteiger partial charge on any atom is -0.504 e. The van der Waals surface area contributed by atoms with Gasteiger partial charge in [-0.25, -0.2) is 0 Å². The van der Waals surface area contributed by atoms with Crippen molar-refractivity contribution < 1.29 is 32.3 Å². The first-order chi connectivity index (χ1) is 17.1. The molecule has 4 atom stereocenters. The molecule has 36 heavy (non-hydrogen) atoms. The number of hydrogen-bond acceptors (Lipinski definition) is 7. The van der Waals surface area contributed by atoms with Crippen molar-refractivity contribution in [2.75, 3.05) is 19.3 Å². The third-order valence-corrected chi connectivity index (χ3v) is 8.93. The summed E-state index contributed by atoms with van der Waals surface area (Å²) in [5, 5.41) is 24.5. The molecule has 2 aromatic carbocycles. The fourth-order valence-corrected chi connectivity index (χ4v) is 7.42. The van der Waals surface area contributed by atoms with Crippen LogP contribution < -0.4 is 4.74 Å². The molecule has 1 saturated heterocycles. The molecule has 3 aliphatic carbocycles. The summed E-state index contributed by atoms with van der Waals surface area (Å²) < 4.78 is 38.8. The molecule has 1 spiro atoms.